The van der Waals surface area contributed by atoms with Crippen LogP contribution in [0.5, 0.6) is 0 Å². The summed E-state index contributed by atoms with van der Waals surface area (Å²) < 4.78 is 0. The quantitative estimate of drug-likeness (QED) is 0.438. The lowest BCUT2D eigenvalue weighted by molar-refractivity contribution is -0.117. The third-order valence-corrected chi connectivity index (χ3v) is 6.52. The number of thiophene rings is 1. The molecule has 0 spiro atoms. The van der Waals surface area contributed by atoms with Crippen molar-refractivity contribution in [2.45, 2.75) is 44.4 Å². The van der Waals surface area contributed by atoms with Gasteiger partial charge in [0.25, 0.3) is 0 Å². The fraction of sp³-hybridized carbons (Fsp3) is 0.350. The first-order chi connectivity index (χ1) is 12.5. The number of aryl methyl sites for hydroxylation is 2. The molecule has 0 bridgehead atoms. The van der Waals surface area contributed by atoms with Crippen LogP contribution in [0.15, 0.2) is 41.7 Å². The fourth-order valence-corrected chi connectivity index (χ4v) is 4.80. The van der Waals surface area contributed by atoms with Gasteiger partial charge in [0.1, 0.15) is 16.2 Å². The molecule has 26 heavy (non-hydrogen) atoms. The molecule has 0 N–H and O–H groups in total. The van der Waals surface area contributed by atoms with Crippen LogP contribution in [0.25, 0.3) is 10.2 Å². The molecule has 3 rings (SSSR count). The van der Waals surface area contributed by atoms with Crippen LogP contribution >= 0.6 is 23.1 Å². The van der Waals surface area contributed by atoms with Gasteiger partial charge in [0, 0.05) is 22.5 Å². The lowest BCUT2D eigenvalue weighted by Gasteiger charge is -2.24. The van der Waals surface area contributed by atoms with Crippen LogP contribution in [0.2, 0.25) is 0 Å². The summed E-state index contributed by atoms with van der Waals surface area (Å²) in [5.41, 5.74) is 2.10. The number of amides is 1. The Hall–Kier alpha value is -1.92. The zero-order chi connectivity index (χ0) is 18.7. The molecule has 0 aliphatic heterocycles. The molecule has 0 radical (unpaired) electrons. The second kappa shape index (κ2) is 8.18. The predicted octanol–water partition coefficient (Wildman–Crippen LogP) is 5.10. The number of anilines is 1. The van der Waals surface area contributed by atoms with E-state index in [1.165, 1.54) is 16.6 Å². The zero-order valence-corrected chi connectivity index (χ0v) is 17.2. The average molecular weight is 386 g/mol. The lowest BCUT2D eigenvalue weighted by Crippen LogP contribution is -2.36. The Morgan fingerprint density at radius 1 is 1.27 bits per heavy atom. The van der Waals surface area contributed by atoms with Crippen molar-refractivity contribution in [2.75, 3.05) is 11.4 Å². The second-order valence-electron chi connectivity index (χ2n) is 6.15. The van der Waals surface area contributed by atoms with Gasteiger partial charge in [-0.1, -0.05) is 30.8 Å². The Labute approximate surface area is 162 Å². The minimum absolute atomic E-state index is 0.0980. The van der Waals surface area contributed by atoms with Gasteiger partial charge in [-0.2, -0.15) is 0 Å². The largest absolute Gasteiger partial charge is 0.312 e. The van der Waals surface area contributed by atoms with Crippen molar-refractivity contribution in [3.8, 4) is 0 Å². The van der Waals surface area contributed by atoms with Gasteiger partial charge in [-0.05, 0) is 51.0 Å². The van der Waals surface area contributed by atoms with E-state index in [0.717, 1.165) is 32.9 Å². The third-order valence-electron chi connectivity index (χ3n) is 4.22. The first-order valence-corrected chi connectivity index (χ1v) is 10.5. The molecule has 1 aromatic carbocycles. The molecule has 0 fully saturated rings. The summed E-state index contributed by atoms with van der Waals surface area (Å²) in [7, 11) is 0. The Kier molecular flexibility index (Phi) is 5.94. The molecule has 1 unspecified atom stereocenters. The van der Waals surface area contributed by atoms with Gasteiger partial charge in [-0.25, -0.2) is 9.97 Å². The molecule has 6 heteroatoms. The van der Waals surface area contributed by atoms with Crippen LogP contribution in [0.4, 0.5) is 5.69 Å². The van der Waals surface area contributed by atoms with Crippen molar-refractivity contribution < 1.29 is 4.79 Å². The maximum Gasteiger partial charge on any atom is 0.240 e. The molecule has 0 aliphatic carbocycles. The lowest BCUT2D eigenvalue weighted by atomic mass is 10.2. The SMILES string of the molecule is CCc1cc2c(SC(C)C(=O)N(CC)c3cccc(C)c3)ncnc2s1. The van der Waals surface area contributed by atoms with Crippen molar-refractivity contribution in [1.82, 2.24) is 9.97 Å². The molecule has 2 heterocycles. The molecule has 0 saturated carbocycles. The minimum atomic E-state index is -0.224. The van der Waals surface area contributed by atoms with Crippen molar-refractivity contribution in [2.24, 2.45) is 0 Å². The van der Waals surface area contributed by atoms with E-state index in [-0.39, 0.29) is 11.2 Å². The molecule has 1 amide bonds. The Balaban J connectivity index is 1.83. The maximum absolute atomic E-state index is 13.1. The van der Waals surface area contributed by atoms with E-state index in [2.05, 4.69) is 23.0 Å². The van der Waals surface area contributed by atoms with E-state index in [0.29, 0.717) is 6.54 Å². The highest BCUT2D eigenvalue weighted by Gasteiger charge is 2.23. The van der Waals surface area contributed by atoms with Gasteiger partial charge in [-0.3, -0.25) is 4.79 Å². The van der Waals surface area contributed by atoms with E-state index in [1.54, 1.807) is 17.7 Å². The highest BCUT2D eigenvalue weighted by Crippen LogP contribution is 2.33. The number of carbonyl (C=O) groups is 1. The minimum Gasteiger partial charge on any atom is -0.312 e. The van der Waals surface area contributed by atoms with Gasteiger partial charge in [0.2, 0.25) is 5.91 Å². The molecule has 2 aromatic heterocycles. The molecule has 0 saturated heterocycles. The molecule has 0 aliphatic rings. The van der Waals surface area contributed by atoms with E-state index in [4.69, 9.17) is 0 Å². The number of fused-ring (bicyclic) bond motifs is 1. The van der Waals surface area contributed by atoms with Crippen LogP contribution in [-0.2, 0) is 11.2 Å². The third kappa shape index (κ3) is 3.91. The van der Waals surface area contributed by atoms with Crippen LogP contribution in [0.1, 0.15) is 31.2 Å². The summed E-state index contributed by atoms with van der Waals surface area (Å²) in [6.07, 6.45) is 2.58. The molecule has 1 atom stereocenters. The zero-order valence-electron chi connectivity index (χ0n) is 15.5. The van der Waals surface area contributed by atoms with Crippen molar-refractivity contribution >= 4 is 44.9 Å². The van der Waals surface area contributed by atoms with E-state index in [1.807, 2.05) is 49.9 Å². The molecule has 136 valence electrons. The van der Waals surface area contributed by atoms with Crippen LogP contribution in [0, 0.1) is 6.92 Å². The van der Waals surface area contributed by atoms with Crippen LogP contribution in [-0.4, -0.2) is 27.7 Å². The molecule has 3 aromatic rings. The van der Waals surface area contributed by atoms with Gasteiger partial charge >= 0.3 is 0 Å². The standard InChI is InChI=1S/C20H23N3OS2/c1-5-16-11-17-18(21-12-22-19(17)26-16)25-14(4)20(24)23(6-2)15-9-7-8-13(3)10-15/h7-12,14H,5-6H2,1-4H3. The van der Waals surface area contributed by atoms with Gasteiger partial charge in [0.05, 0.1) is 5.25 Å². The number of aromatic nitrogens is 2. The van der Waals surface area contributed by atoms with Crippen molar-refractivity contribution in [3.05, 3.63) is 47.1 Å². The summed E-state index contributed by atoms with van der Waals surface area (Å²) in [5.74, 6) is 0.0980. The number of carbonyl (C=O) groups excluding carboxylic acids is 1. The number of hydrogen-bond donors (Lipinski definition) is 0. The number of thioether (sulfide) groups is 1. The number of benzene rings is 1. The monoisotopic (exact) mass is 385 g/mol. The molecular formula is C20H23N3OS2. The van der Waals surface area contributed by atoms with E-state index < -0.39 is 0 Å². The first-order valence-electron chi connectivity index (χ1n) is 8.81. The number of hydrogen-bond acceptors (Lipinski definition) is 5. The van der Waals surface area contributed by atoms with Crippen molar-refractivity contribution in [1.29, 1.82) is 0 Å². The number of nitrogens with zero attached hydrogens (tertiary/aromatic N) is 3. The Morgan fingerprint density at radius 3 is 2.77 bits per heavy atom. The molecule has 4 nitrogen and oxygen atoms in total. The number of rotatable bonds is 6. The van der Waals surface area contributed by atoms with Crippen molar-refractivity contribution in [3.63, 3.8) is 0 Å². The summed E-state index contributed by atoms with van der Waals surface area (Å²) in [6.45, 7) is 8.78. The van der Waals surface area contributed by atoms with Gasteiger partial charge in [-0.15, -0.1) is 11.3 Å². The average Bonchev–Trinajstić information content (AvgIpc) is 3.07. The Bertz CT molecular complexity index is 922. The maximum atomic E-state index is 13.1. The summed E-state index contributed by atoms with van der Waals surface area (Å²) in [6, 6.07) is 10.2. The fourth-order valence-electron chi connectivity index (χ4n) is 2.85. The normalized spacial score (nSPS) is 12.3. The van der Waals surface area contributed by atoms with Gasteiger partial charge in [0.15, 0.2) is 0 Å². The summed E-state index contributed by atoms with van der Waals surface area (Å²) >= 11 is 3.21. The van der Waals surface area contributed by atoms with Crippen LogP contribution < -0.4 is 4.90 Å². The first kappa shape index (κ1) is 18.9. The predicted molar refractivity (Wildman–Crippen MR) is 111 cm³/mol. The molecular weight excluding hydrogens is 362 g/mol. The Morgan fingerprint density at radius 2 is 2.08 bits per heavy atom. The summed E-state index contributed by atoms with van der Waals surface area (Å²) in [5, 5.41) is 1.71. The van der Waals surface area contributed by atoms with E-state index in [9.17, 15) is 4.79 Å². The highest BCUT2D eigenvalue weighted by molar-refractivity contribution is 8.00. The van der Waals surface area contributed by atoms with Crippen LogP contribution in [0.3, 0.4) is 0 Å². The summed E-state index contributed by atoms with van der Waals surface area (Å²) in [4.78, 5) is 26.0. The highest BCUT2D eigenvalue weighted by atomic mass is 32.2. The topological polar surface area (TPSA) is 46.1 Å². The van der Waals surface area contributed by atoms with Gasteiger partial charge < -0.3 is 4.90 Å². The van der Waals surface area contributed by atoms with E-state index >= 15 is 0 Å². The second-order valence-corrected chi connectivity index (χ2v) is 8.59. The smallest absolute Gasteiger partial charge is 0.240 e.